The summed E-state index contributed by atoms with van der Waals surface area (Å²) in [6, 6.07) is 12.2. The molecular formula is C14H16N2O. The first-order valence-corrected chi connectivity index (χ1v) is 6.12. The predicted octanol–water partition coefficient (Wildman–Crippen LogP) is 2.50. The van der Waals surface area contributed by atoms with Crippen molar-refractivity contribution >= 4 is 0 Å². The van der Waals surface area contributed by atoms with E-state index in [0.29, 0.717) is 5.92 Å². The summed E-state index contributed by atoms with van der Waals surface area (Å²) in [5.41, 5.74) is 2.31. The number of para-hydroxylation sites is 1. The summed E-state index contributed by atoms with van der Waals surface area (Å²) in [4.78, 5) is 0. The molecule has 0 aliphatic heterocycles. The lowest BCUT2D eigenvalue weighted by Gasteiger charge is -2.12. The highest BCUT2D eigenvalue weighted by molar-refractivity contribution is 5.33. The van der Waals surface area contributed by atoms with Crippen molar-refractivity contribution in [2.45, 2.75) is 31.3 Å². The van der Waals surface area contributed by atoms with Crippen LogP contribution in [0.2, 0.25) is 0 Å². The predicted molar refractivity (Wildman–Crippen MR) is 66.2 cm³/mol. The van der Waals surface area contributed by atoms with Crippen molar-refractivity contribution in [3.8, 4) is 5.69 Å². The van der Waals surface area contributed by atoms with Crippen molar-refractivity contribution in [1.82, 2.24) is 9.78 Å². The molecule has 0 amide bonds. The van der Waals surface area contributed by atoms with Crippen LogP contribution in [0.4, 0.5) is 0 Å². The summed E-state index contributed by atoms with van der Waals surface area (Å²) in [5.74, 6) is 0.438. The Morgan fingerprint density at radius 2 is 1.94 bits per heavy atom. The van der Waals surface area contributed by atoms with E-state index in [1.807, 2.05) is 29.1 Å². The van der Waals surface area contributed by atoms with E-state index in [9.17, 15) is 5.11 Å². The minimum Gasteiger partial charge on any atom is -0.393 e. The van der Waals surface area contributed by atoms with Crippen LogP contribution in [0.3, 0.4) is 0 Å². The molecule has 3 heteroatoms. The standard InChI is InChI=1S/C14H16N2O/c17-13-7-6-11(10-13)14-8-9-15-16(14)12-4-2-1-3-5-12/h1-5,8-9,11,13,17H,6-7,10H2. The summed E-state index contributed by atoms with van der Waals surface area (Å²) in [6.07, 6.45) is 4.52. The molecule has 1 aliphatic carbocycles. The van der Waals surface area contributed by atoms with Crippen molar-refractivity contribution in [3.63, 3.8) is 0 Å². The molecule has 0 saturated heterocycles. The lowest BCUT2D eigenvalue weighted by Crippen LogP contribution is -2.06. The molecule has 3 nitrogen and oxygen atoms in total. The van der Waals surface area contributed by atoms with Gasteiger partial charge in [-0.3, -0.25) is 0 Å². The SMILES string of the molecule is OC1CCC(c2ccnn2-c2ccccc2)C1. The molecule has 1 aromatic heterocycles. The maximum absolute atomic E-state index is 9.63. The van der Waals surface area contributed by atoms with E-state index in [1.165, 1.54) is 5.69 Å². The molecule has 0 bridgehead atoms. The highest BCUT2D eigenvalue weighted by Crippen LogP contribution is 2.34. The van der Waals surface area contributed by atoms with Gasteiger partial charge in [-0.1, -0.05) is 18.2 Å². The van der Waals surface area contributed by atoms with Gasteiger partial charge in [-0.2, -0.15) is 5.10 Å². The van der Waals surface area contributed by atoms with E-state index >= 15 is 0 Å². The number of aliphatic hydroxyl groups is 1. The zero-order valence-corrected chi connectivity index (χ0v) is 9.66. The molecule has 1 heterocycles. The monoisotopic (exact) mass is 228 g/mol. The van der Waals surface area contributed by atoms with Crippen LogP contribution in [-0.4, -0.2) is 21.0 Å². The Labute approximate surface area is 101 Å². The van der Waals surface area contributed by atoms with E-state index in [1.54, 1.807) is 0 Å². The molecule has 3 rings (SSSR count). The van der Waals surface area contributed by atoms with E-state index in [2.05, 4.69) is 23.3 Å². The molecule has 2 atom stereocenters. The third kappa shape index (κ3) is 1.98. The Morgan fingerprint density at radius 1 is 1.12 bits per heavy atom. The summed E-state index contributed by atoms with van der Waals surface area (Å²) >= 11 is 0. The molecule has 1 aromatic carbocycles. The van der Waals surface area contributed by atoms with Gasteiger partial charge in [-0.25, -0.2) is 4.68 Å². The quantitative estimate of drug-likeness (QED) is 0.857. The fourth-order valence-electron chi connectivity index (χ4n) is 2.63. The Hall–Kier alpha value is -1.61. The summed E-state index contributed by atoms with van der Waals surface area (Å²) in [6.45, 7) is 0. The molecule has 88 valence electrons. The van der Waals surface area contributed by atoms with Crippen LogP contribution in [-0.2, 0) is 0 Å². The number of hydrogen-bond acceptors (Lipinski definition) is 2. The highest BCUT2D eigenvalue weighted by Gasteiger charge is 2.26. The van der Waals surface area contributed by atoms with Gasteiger partial charge < -0.3 is 5.11 Å². The summed E-state index contributed by atoms with van der Waals surface area (Å²) in [5, 5.41) is 14.0. The van der Waals surface area contributed by atoms with Gasteiger partial charge in [0.1, 0.15) is 0 Å². The average molecular weight is 228 g/mol. The van der Waals surface area contributed by atoms with Crippen LogP contribution in [0.15, 0.2) is 42.6 Å². The van der Waals surface area contributed by atoms with Gasteiger partial charge in [0.05, 0.1) is 11.8 Å². The van der Waals surface area contributed by atoms with Gasteiger partial charge in [-0.15, -0.1) is 0 Å². The molecule has 0 spiro atoms. The van der Waals surface area contributed by atoms with Crippen LogP contribution in [0.1, 0.15) is 30.9 Å². The molecule has 17 heavy (non-hydrogen) atoms. The maximum atomic E-state index is 9.63. The van der Waals surface area contributed by atoms with Crippen molar-refractivity contribution in [2.24, 2.45) is 0 Å². The number of rotatable bonds is 2. The Balaban J connectivity index is 1.95. The molecule has 2 aromatic rings. The fraction of sp³-hybridized carbons (Fsp3) is 0.357. The Kier molecular flexibility index (Phi) is 2.69. The third-order valence-electron chi connectivity index (χ3n) is 3.50. The average Bonchev–Trinajstić information content (AvgIpc) is 2.98. The molecule has 1 N–H and O–H groups in total. The van der Waals surface area contributed by atoms with Crippen LogP contribution in [0.5, 0.6) is 0 Å². The largest absolute Gasteiger partial charge is 0.393 e. The van der Waals surface area contributed by atoms with Crippen LogP contribution in [0, 0.1) is 0 Å². The van der Waals surface area contributed by atoms with Gasteiger partial charge in [0.25, 0.3) is 0 Å². The maximum Gasteiger partial charge on any atom is 0.0648 e. The number of benzene rings is 1. The van der Waals surface area contributed by atoms with Crippen LogP contribution < -0.4 is 0 Å². The number of hydrogen-bond donors (Lipinski definition) is 1. The zero-order valence-electron chi connectivity index (χ0n) is 9.66. The topological polar surface area (TPSA) is 38.1 Å². The van der Waals surface area contributed by atoms with E-state index in [4.69, 9.17) is 0 Å². The van der Waals surface area contributed by atoms with Gasteiger partial charge in [0.2, 0.25) is 0 Å². The van der Waals surface area contributed by atoms with Crippen molar-refractivity contribution in [2.75, 3.05) is 0 Å². The highest BCUT2D eigenvalue weighted by atomic mass is 16.3. The molecule has 0 radical (unpaired) electrons. The van der Waals surface area contributed by atoms with Gasteiger partial charge in [0.15, 0.2) is 0 Å². The number of nitrogens with zero attached hydrogens (tertiary/aromatic N) is 2. The second-order valence-corrected chi connectivity index (χ2v) is 4.67. The molecule has 1 fully saturated rings. The summed E-state index contributed by atoms with van der Waals surface area (Å²) < 4.78 is 1.99. The molecular weight excluding hydrogens is 212 g/mol. The number of aliphatic hydroxyl groups excluding tert-OH is 1. The zero-order chi connectivity index (χ0) is 11.7. The minimum atomic E-state index is -0.140. The first kappa shape index (κ1) is 10.5. The van der Waals surface area contributed by atoms with Gasteiger partial charge in [-0.05, 0) is 37.5 Å². The third-order valence-corrected chi connectivity index (χ3v) is 3.50. The lowest BCUT2D eigenvalue weighted by molar-refractivity contribution is 0.181. The van der Waals surface area contributed by atoms with E-state index in [0.717, 1.165) is 24.9 Å². The van der Waals surface area contributed by atoms with Crippen LogP contribution in [0.25, 0.3) is 5.69 Å². The molecule has 1 aliphatic rings. The first-order chi connectivity index (χ1) is 8.34. The Bertz CT molecular complexity index is 492. The smallest absolute Gasteiger partial charge is 0.0648 e. The van der Waals surface area contributed by atoms with Crippen LogP contribution >= 0.6 is 0 Å². The van der Waals surface area contributed by atoms with Gasteiger partial charge in [0, 0.05) is 17.8 Å². The second kappa shape index (κ2) is 4.34. The molecule has 2 unspecified atom stereocenters. The van der Waals surface area contributed by atoms with E-state index in [-0.39, 0.29) is 6.10 Å². The fourth-order valence-corrected chi connectivity index (χ4v) is 2.63. The number of aromatic nitrogens is 2. The van der Waals surface area contributed by atoms with Crippen molar-refractivity contribution < 1.29 is 5.11 Å². The van der Waals surface area contributed by atoms with Crippen molar-refractivity contribution in [1.29, 1.82) is 0 Å². The van der Waals surface area contributed by atoms with Crippen molar-refractivity contribution in [3.05, 3.63) is 48.3 Å². The summed E-state index contributed by atoms with van der Waals surface area (Å²) in [7, 11) is 0. The van der Waals surface area contributed by atoms with E-state index < -0.39 is 0 Å². The van der Waals surface area contributed by atoms with Gasteiger partial charge >= 0.3 is 0 Å². The minimum absolute atomic E-state index is 0.140. The lowest BCUT2D eigenvalue weighted by atomic mass is 10.0. The second-order valence-electron chi connectivity index (χ2n) is 4.67. The molecule has 1 saturated carbocycles. The Morgan fingerprint density at radius 3 is 2.65 bits per heavy atom. The normalized spacial score (nSPS) is 24.1. The first-order valence-electron chi connectivity index (χ1n) is 6.12.